The van der Waals surface area contributed by atoms with E-state index in [-0.39, 0.29) is 5.91 Å². The molecule has 160 valence electrons. The molecule has 2 aliphatic carbocycles. The van der Waals surface area contributed by atoms with Crippen molar-refractivity contribution in [1.29, 1.82) is 0 Å². The van der Waals surface area contributed by atoms with Crippen LogP contribution in [0.4, 0.5) is 0 Å². The van der Waals surface area contributed by atoms with E-state index in [1.807, 2.05) is 0 Å². The van der Waals surface area contributed by atoms with E-state index in [1.165, 1.54) is 19.3 Å². The highest BCUT2D eigenvalue weighted by molar-refractivity contribution is 7.89. The van der Waals surface area contributed by atoms with E-state index in [9.17, 15) is 13.2 Å². The van der Waals surface area contributed by atoms with Crippen LogP contribution in [-0.4, -0.2) is 44.9 Å². The molecule has 1 heterocycles. The monoisotopic (exact) mass is 420 g/mol. The van der Waals surface area contributed by atoms with Crippen molar-refractivity contribution in [2.24, 2.45) is 11.8 Å². The molecular formula is C22H32N2O4S. The first kappa shape index (κ1) is 20.7. The number of ether oxygens (including phenoxy) is 1. The van der Waals surface area contributed by atoms with E-state index in [2.05, 4.69) is 5.32 Å². The predicted octanol–water partition coefficient (Wildman–Crippen LogP) is 3.11. The Kier molecular flexibility index (Phi) is 6.16. The molecule has 3 atom stereocenters. The molecule has 4 rings (SSSR count). The number of sulfonamides is 1. The average molecular weight is 421 g/mol. The lowest BCUT2D eigenvalue weighted by molar-refractivity contribution is -0.122. The van der Waals surface area contributed by atoms with Crippen molar-refractivity contribution in [2.45, 2.75) is 68.7 Å². The lowest BCUT2D eigenvalue weighted by Crippen LogP contribution is -2.38. The van der Waals surface area contributed by atoms with E-state index in [1.54, 1.807) is 29.6 Å². The average Bonchev–Trinajstić information content (AvgIpc) is 3.36. The lowest BCUT2D eigenvalue weighted by atomic mass is 9.95. The number of rotatable bonds is 7. The third-order valence-corrected chi connectivity index (χ3v) is 8.81. The number of fused-ring (bicyclic) bond motifs is 2. The number of nitrogens with zero attached hydrogens (tertiary/aromatic N) is 1. The van der Waals surface area contributed by atoms with E-state index < -0.39 is 10.0 Å². The summed E-state index contributed by atoms with van der Waals surface area (Å²) in [5, 5.41) is 3.21. The van der Waals surface area contributed by atoms with Crippen molar-refractivity contribution in [1.82, 2.24) is 9.62 Å². The summed E-state index contributed by atoms with van der Waals surface area (Å²) in [4.78, 5) is 12.8. The van der Waals surface area contributed by atoms with Crippen molar-refractivity contribution < 1.29 is 17.9 Å². The molecule has 3 aliphatic rings. The van der Waals surface area contributed by atoms with Gasteiger partial charge >= 0.3 is 0 Å². The van der Waals surface area contributed by atoms with Gasteiger partial charge in [0.05, 0.1) is 12.0 Å². The number of amides is 1. The SMILES string of the molecule is COc1ccc(S(=O)(=O)N2CCCCC2)cc1CCC(=O)NC1CC2CCC1C2. The normalized spacial score (nSPS) is 27.1. The van der Waals surface area contributed by atoms with Gasteiger partial charge in [-0.15, -0.1) is 0 Å². The molecule has 1 saturated heterocycles. The van der Waals surface area contributed by atoms with Crippen LogP contribution < -0.4 is 10.1 Å². The van der Waals surface area contributed by atoms with Crippen LogP contribution in [0.3, 0.4) is 0 Å². The highest BCUT2D eigenvalue weighted by atomic mass is 32.2. The van der Waals surface area contributed by atoms with Crippen molar-refractivity contribution in [3.8, 4) is 5.75 Å². The van der Waals surface area contributed by atoms with E-state index >= 15 is 0 Å². The molecular weight excluding hydrogens is 388 g/mol. The van der Waals surface area contributed by atoms with Gasteiger partial charge in [-0.3, -0.25) is 4.79 Å². The highest BCUT2D eigenvalue weighted by Gasteiger charge is 2.40. The molecule has 1 aromatic carbocycles. The summed E-state index contributed by atoms with van der Waals surface area (Å²) < 4.78 is 33.0. The minimum atomic E-state index is -3.50. The topological polar surface area (TPSA) is 75.7 Å². The van der Waals surface area contributed by atoms with Gasteiger partial charge in [0, 0.05) is 25.6 Å². The minimum Gasteiger partial charge on any atom is -0.496 e. The van der Waals surface area contributed by atoms with Gasteiger partial charge in [-0.2, -0.15) is 4.31 Å². The molecule has 0 aromatic heterocycles. The Morgan fingerprint density at radius 1 is 1.17 bits per heavy atom. The van der Waals surface area contributed by atoms with Crippen LogP contribution in [-0.2, 0) is 21.2 Å². The number of benzene rings is 1. The maximum Gasteiger partial charge on any atom is 0.243 e. The van der Waals surface area contributed by atoms with Crippen LogP contribution in [0, 0.1) is 11.8 Å². The summed E-state index contributed by atoms with van der Waals surface area (Å²) in [7, 11) is -1.92. The van der Waals surface area contributed by atoms with E-state index in [4.69, 9.17) is 4.74 Å². The summed E-state index contributed by atoms with van der Waals surface area (Å²) >= 11 is 0. The number of aryl methyl sites for hydroxylation is 1. The molecule has 1 amide bonds. The van der Waals surface area contributed by atoms with Crippen LogP contribution in [0.2, 0.25) is 0 Å². The Morgan fingerprint density at radius 3 is 2.62 bits per heavy atom. The second-order valence-corrected chi connectivity index (χ2v) is 10.7. The summed E-state index contributed by atoms with van der Waals surface area (Å²) in [5.74, 6) is 2.13. The number of methoxy groups -OCH3 is 1. The highest BCUT2D eigenvalue weighted by Crippen LogP contribution is 2.44. The van der Waals surface area contributed by atoms with Gasteiger partial charge in [-0.25, -0.2) is 8.42 Å². The van der Waals surface area contributed by atoms with Crippen LogP contribution in [0.1, 0.15) is 56.9 Å². The lowest BCUT2D eigenvalue weighted by Gasteiger charge is -2.26. The molecule has 7 heteroatoms. The summed E-state index contributed by atoms with van der Waals surface area (Å²) in [6.07, 6.45) is 8.63. The maximum atomic E-state index is 13.0. The number of hydrogen-bond acceptors (Lipinski definition) is 4. The predicted molar refractivity (Wildman–Crippen MR) is 111 cm³/mol. The molecule has 3 fully saturated rings. The summed E-state index contributed by atoms with van der Waals surface area (Å²) in [5.41, 5.74) is 0.772. The Hall–Kier alpha value is -1.60. The third-order valence-electron chi connectivity index (χ3n) is 6.91. The minimum absolute atomic E-state index is 0.0499. The zero-order valence-electron chi connectivity index (χ0n) is 17.2. The smallest absolute Gasteiger partial charge is 0.243 e. The molecule has 2 saturated carbocycles. The van der Waals surface area contributed by atoms with Crippen molar-refractivity contribution in [2.75, 3.05) is 20.2 Å². The zero-order valence-corrected chi connectivity index (χ0v) is 18.0. The first-order chi connectivity index (χ1) is 14.0. The molecule has 2 bridgehead atoms. The Bertz CT molecular complexity index is 848. The van der Waals surface area contributed by atoms with Gasteiger partial charge in [0.2, 0.25) is 15.9 Å². The first-order valence-electron chi connectivity index (χ1n) is 10.9. The molecule has 1 aromatic rings. The van der Waals surface area contributed by atoms with E-state index in [0.717, 1.165) is 37.2 Å². The molecule has 3 unspecified atom stereocenters. The second-order valence-electron chi connectivity index (χ2n) is 8.79. The van der Waals surface area contributed by atoms with E-state index in [0.29, 0.717) is 48.5 Å². The number of carbonyl (C=O) groups is 1. The van der Waals surface area contributed by atoms with Crippen LogP contribution in [0.25, 0.3) is 0 Å². The fraction of sp³-hybridized carbons (Fsp3) is 0.682. The quantitative estimate of drug-likeness (QED) is 0.735. The Balaban J connectivity index is 1.42. The van der Waals surface area contributed by atoms with Gasteiger partial charge in [0.25, 0.3) is 0 Å². The molecule has 0 radical (unpaired) electrons. The second kappa shape index (κ2) is 8.64. The largest absolute Gasteiger partial charge is 0.496 e. The van der Waals surface area contributed by atoms with Gasteiger partial charge in [0.1, 0.15) is 5.75 Å². The molecule has 1 N–H and O–H groups in total. The number of carbonyl (C=O) groups excluding carboxylic acids is 1. The Labute approximate surface area is 174 Å². The maximum absolute atomic E-state index is 13.0. The standard InChI is InChI=1S/C22H32N2O4S/c1-28-21-9-8-19(29(26,27)24-11-3-2-4-12-24)15-18(21)7-10-22(25)23-20-14-16-5-6-17(20)13-16/h8-9,15-17,20H,2-7,10-14H2,1H3,(H,23,25). The summed E-state index contributed by atoms with van der Waals surface area (Å²) in [6.45, 7) is 1.16. The fourth-order valence-electron chi connectivity index (χ4n) is 5.31. The Morgan fingerprint density at radius 2 is 1.97 bits per heavy atom. The number of nitrogens with one attached hydrogen (secondary N) is 1. The third kappa shape index (κ3) is 4.45. The van der Waals surface area contributed by atoms with Crippen molar-refractivity contribution >= 4 is 15.9 Å². The molecule has 1 aliphatic heterocycles. The number of hydrogen-bond donors (Lipinski definition) is 1. The first-order valence-corrected chi connectivity index (χ1v) is 12.4. The van der Waals surface area contributed by atoms with Crippen molar-refractivity contribution in [3.05, 3.63) is 23.8 Å². The van der Waals surface area contributed by atoms with Crippen molar-refractivity contribution in [3.63, 3.8) is 0 Å². The van der Waals surface area contributed by atoms with Gasteiger partial charge in [-0.1, -0.05) is 12.8 Å². The van der Waals surface area contributed by atoms with Gasteiger partial charge in [-0.05, 0) is 74.1 Å². The molecule has 0 spiro atoms. The van der Waals surface area contributed by atoms with Gasteiger partial charge in [0.15, 0.2) is 0 Å². The van der Waals surface area contributed by atoms with Crippen LogP contribution in [0.5, 0.6) is 5.75 Å². The zero-order chi connectivity index (χ0) is 20.4. The van der Waals surface area contributed by atoms with Gasteiger partial charge < -0.3 is 10.1 Å². The summed E-state index contributed by atoms with van der Waals surface area (Å²) in [6, 6.07) is 5.34. The van der Waals surface area contributed by atoms with Crippen LogP contribution in [0.15, 0.2) is 23.1 Å². The molecule has 29 heavy (non-hydrogen) atoms. The van der Waals surface area contributed by atoms with Crippen LogP contribution >= 0.6 is 0 Å². The number of piperidine rings is 1. The fourth-order valence-corrected chi connectivity index (χ4v) is 6.88. The molecule has 6 nitrogen and oxygen atoms in total.